The molecule has 1 fully saturated rings. The molecular formula is C11H22N2O2. The quantitative estimate of drug-likeness (QED) is 0.702. The smallest absolute Gasteiger partial charge is 0.226 e. The molecule has 1 unspecified atom stereocenters. The monoisotopic (exact) mass is 214 g/mol. The molecule has 15 heavy (non-hydrogen) atoms. The minimum atomic E-state index is -0.354. The molecule has 1 amide bonds. The van der Waals surface area contributed by atoms with E-state index in [1.165, 1.54) is 0 Å². The summed E-state index contributed by atoms with van der Waals surface area (Å²) in [6.45, 7) is 6.29. The summed E-state index contributed by atoms with van der Waals surface area (Å²) < 4.78 is 5.49. The van der Waals surface area contributed by atoms with E-state index in [1.54, 1.807) is 7.05 Å². The van der Waals surface area contributed by atoms with Crippen molar-refractivity contribution in [1.29, 1.82) is 0 Å². The first-order chi connectivity index (χ1) is 7.06. The fourth-order valence-corrected chi connectivity index (χ4v) is 1.77. The van der Waals surface area contributed by atoms with Crippen molar-refractivity contribution < 1.29 is 9.53 Å². The van der Waals surface area contributed by atoms with Gasteiger partial charge >= 0.3 is 0 Å². The Morgan fingerprint density at radius 2 is 2.27 bits per heavy atom. The van der Waals surface area contributed by atoms with Crippen molar-refractivity contribution in [2.45, 2.75) is 32.8 Å². The highest BCUT2D eigenvalue weighted by Gasteiger charge is 2.26. The summed E-state index contributed by atoms with van der Waals surface area (Å²) in [5.74, 6) is 0.0716. The van der Waals surface area contributed by atoms with E-state index in [1.807, 2.05) is 13.8 Å². The number of rotatable bonds is 5. The van der Waals surface area contributed by atoms with Crippen molar-refractivity contribution >= 4 is 5.91 Å². The molecule has 1 aliphatic rings. The molecule has 0 aromatic heterocycles. The molecule has 0 aromatic carbocycles. The lowest BCUT2D eigenvalue weighted by molar-refractivity contribution is -0.128. The zero-order valence-corrected chi connectivity index (χ0v) is 9.93. The van der Waals surface area contributed by atoms with E-state index in [0.29, 0.717) is 12.6 Å². The van der Waals surface area contributed by atoms with Crippen molar-refractivity contribution in [3.63, 3.8) is 0 Å². The van der Waals surface area contributed by atoms with Crippen LogP contribution in [0.4, 0.5) is 0 Å². The van der Waals surface area contributed by atoms with Gasteiger partial charge in [-0.1, -0.05) is 0 Å². The zero-order chi connectivity index (χ0) is 11.3. The van der Waals surface area contributed by atoms with E-state index in [0.717, 1.165) is 26.0 Å². The topological polar surface area (TPSA) is 50.4 Å². The van der Waals surface area contributed by atoms with Crippen LogP contribution in [0.1, 0.15) is 26.7 Å². The van der Waals surface area contributed by atoms with Gasteiger partial charge in [0.05, 0.1) is 11.5 Å². The summed E-state index contributed by atoms with van der Waals surface area (Å²) in [6, 6.07) is 0. The van der Waals surface area contributed by atoms with Crippen molar-refractivity contribution in [2.24, 2.45) is 5.41 Å². The molecule has 1 aliphatic heterocycles. The first-order valence-corrected chi connectivity index (χ1v) is 5.61. The molecule has 88 valence electrons. The predicted octanol–water partition coefficient (Wildman–Crippen LogP) is 0.527. The second-order valence-electron chi connectivity index (χ2n) is 4.73. The number of amides is 1. The van der Waals surface area contributed by atoms with E-state index >= 15 is 0 Å². The summed E-state index contributed by atoms with van der Waals surface area (Å²) >= 11 is 0. The maximum atomic E-state index is 11.5. The Labute approximate surface area is 91.8 Å². The summed E-state index contributed by atoms with van der Waals surface area (Å²) in [5.41, 5.74) is -0.354. The maximum absolute atomic E-state index is 11.5. The van der Waals surface area contributed by atoms with Crippen LogP contribution in [0.5, 0.6) is 0 Å². The Hall–Kier alpha value is -0.610. The lowest BCUT2D eigenvalue weighted by Crippen LogP contribution is -2.43. The van der Waals surface area contributed by atoms with Crippen molar-refractivity contribution in [2.75, 3.05) is 26.7 Å². The predicted molar refractivity (Wildman–Crippen MR) is 59.7 cm³/mol. The molecule has 0 saturated carbocycles. The van der Waals surface area contributed by atoms with Crippen LogP contribution in [0, 0.1) is 5.41 Å². The lowest BCUT2D eigenvalue weighted by Gasteiger charge is -2.23. The molecule has 2 N–H and O–H groups in total. The lowest BCUT2D eigenvalue weighted by atomic mass is 9.92. The van der Waals surface area contributed by atoms with Crippen LogP contribution in [0.15, 0.2) is 0 Å². The Kier molecular flexibility index (Phi) is 4.54. The van der Waals surface area contributed by atoms with Crippen LogP contribution in [0.25, 0.3) is 0 Å². The number of hydrogen-bond acceptors (Lipinski definition) is 3. The van der Waals surface area contributed by atoms with E-state index in [-0.39, 0.29) is 11.3 Å². The standard InChI is InChI=1S/C11H22N2O2/c1-11(2,10(14)12-3)8-13-7-9-5-4-6-15-9/h9,13H,4-8H2,1-3H3,(H,12,14). The van der Waals surface area contributed by atoms with Crippen molar-refractivity contribution in [3.05, 3.63) is 0 Å². The van der Waals surface area contributed by atoms with Gasteiger partial charge in [0.15, 0.2) is 0 Å². The third-order valence-corrected chi connectivity index (χ3v) is 2.80. The number of carbonyl (C=O) groups is 1. The van der Waals surface area contributed by atoms with E-state index in [4.69, 9.17) is 4.74 Å². The third kappa shape index (κ3) is 3.80. The van der Waals surface area contributed by atoms with Gasteiger partial charge in [0.25, 0.3) is 0 Å². The van der Waals surface area contributed by atoms with E-state index < -0.39 is 0 Å². The molecule has 1 atom stereocenters. The molecule has 1 saturated heterocycles. The third-order valence-electron chi connectivity index (χ3n) is 2.80. The van der Waals surface area contributed by atoms with Gasteiger partial charge in [0, 0.05) is 26.7 Å². The Morgan fingerprint density at radius 3 is 2.80 bits per heavy atom. The molecule has 0 radical (unpaired) electrons. The van der Waals surface area contributed by atoms with Crippen LogP contribution >= 0.6 is 0 Å². The van der Waals surface area contributed by atoms with Crippen molar-refractivity contribution in [1.82, 2.24) is 10.6 Å². The van der Waals surface area contributed by atoms with Gasteiger partial charge < -0.3 is 15.4 Å². The van der Waals surface area contributed by atoms with Gasteiger partial charge in [-0.15, -0.1) is 0 Å². The van der Waals surface area contributed by atoms with Gasteiger partial charge in [-0.25, -0.2) is 0 Å². The van der Waals surface area contributed by atoms with E-state index in [9.17, 15) is 4.79 Å². The summed E-state index contributed by atoms with van der Waals surface area (Å²) in [4.78, 5) is 11.5. The minimum absolute atomic E-state index is 0.0716. The van der Waals surface area contributed by atoms with Gasteiger partial charge in [0.1, 0.15) is 0 Å². The zero-order valence-electron chi connectivity index (χ0n) is 9.93. The highest BCUT2D eigenvalue weighted by atomic mass is 16.5. The molecule has 1 rings (SSSR count). The second-order valence-corrected chi connectivity index (χ2v) is 4.73. The summed E-state index contributed by atoms with van der Waals surface area (Å²) in [5, 5.41) is 5.97. The summed E-state index contributed by atoms with van der Waals surface area (Å²) in [7, 11) is 1.67. The molecule has 0 aromatic rings. The molecular weight excluding hydrogens is 192 g/mol. The molecule has 0 aliphatic carbocycles. The van der Waals surface area contributed by atoms with Crippen LogP contribution < -0.4 is 10.6 Å². The largest absolute Gasteiger partial charge is 0.377 e. The van der Waals surface area contributed by atoms with Gasteiger partial charge in [-0.3, -0.25) is 4.79 Å². The van der Waals surface area contributed by atoms with Crippen LogP contribution in [0.2, 0.25) is 0 Å². The Balaban J connectivity index is 2.20. The van der Waals surface area contributed by atoms with Gasteiger partial charge in [-0.05, 0) is 26.7 Å². The normalized spacial score (nSPS) is 21.7. The SMILES string of the molecule is CNC(=O)C(C)(C)CNCC1CCCO1. The van der Waals surface area contributed by atoms with Gasteiger partial charge in [0.2, 0.25) is 5.91 Å². The van der Waals surface area contributed by atoms with Crippen LogP contribution in [-0.2, 0) is 9.53 Å². The number of hydrogen-bond donors (Lipinski definition) is 2. The first kappa shape index (κ1) is 12.5. The highest BCUT2D eigenvalue weighted by molar-refractivity contribution is 5.81. The fourth-order valence-electron chi connectivity index (χ4n) is 1.77. The molecule has 4 nitrogen and oxygen atoms in total. The molecule has 0 bridgehead atoms. The highest BCUT2D eigenvalue weighted by Crippen LogP contribution is 2.14. The number of ether oxygens (including phenoxy) is 1. The first-order valence-electron chi connectivity index (χ1n) is 5.61. The number of carbonyl (C=O) groups excluding carboxylic acids is 1. The minimum Gasteiger partial charge on any atom is -0.377 e. The number of nitrogens with one attached hydrogen (secondary N) is 2. The van der Waals surface area contributed by atoms with Gasteiger partial charge in [-0.2, -0.15) is 0 Å². The average Bonchev–Trinajstić information content (AvgIpc) is 2.69. The molecule has 4 heteroatoms. The van der Waals surface area contributed by atoms with Crippen LogP contribution in [-0.4, -0.2) is 38.8 Å². The van der Waals surface area contributed by atoms with E-state index in [2.05, 4.69) is 10.6 Å². The average molecular weight is 214 g/mol. The Bertz CT molecular complexity index is 211. The van der Waals surface area contributed by atoms with Crippen molar-refractivity contribution in [3.8, 4) is 0 Å². The molecule has 1 heterocycles. The summed E-state index contributed by atoms with van der Waals surface area (Å²) in [6.07, 6.45) is 2.63. The Morgan fingerprint density at radius 1 is 1.53 bits per heavy atom. The van der Waals surface area contributed by atoms with Crippen LogP contribution in [0.3, 0.4) is 0 Å². The second kappa shape index (κ2) is 5.47. The molecule has 0 spiro atoms. The maximum Gasteiger partial charge on any atom is 0.226 e. The fraction of sp³-hybridized carbons (Fsp3) is 0.909.